The van der Waals surface area contributed by atoms with Gasteiger partial charge in [0.2, 0.25) is 10.0 Å². The normalized spacial score (nSPS) is 14.9. The van der Waals surface area contributed by atoms with Crippen LogP contribution in [0.3, 0.4) is 0 Å². The maximum absolute atomic E-state index is 13.3. The largest absolute Gasteiger partial charge is 0.483 e. The van der Waals surface area contributed by atoms with Crippen LogP contribution in [0.25, 0.3) is 0 Å². The highest BCUT2D eigenvalue weighted by Crippen LogP contribution is 2.33. The molecule has 0 aliphatic carbocycles. The Morgan fingerprint density at radius 3 is 2.49 bits per heavy atom. The van der Waals surface area contributed by atoms with Gasteiger partial charge in [0.05, 0.1) is 17.1 Å². The number of amides is 2. The number of carbonyl (C=O) groups excluding carboxylic acids is 2. The molecule has 0 fully saturated rings. The summed E-state index contributed by atoms with van der Waals surface area (Å²) in [6, 6.07) is 21.1. The molecule has 9 nitrogen and oxygen atoms in total. The summed E-state index contributed by atoms with van der Waals surface area (Å²) in [5, 5.41) is 2.87. The Bertz CT molecular complexity index is 1430. The molecule has 1 atom stereocenters. The fraction of sp³-hybridized carbons (Fsp3) is 0.310. The van der Waals surface area contributed by atoms with Gasteiger partial charge in [0.15, 0.2) is 12.7 Å². The third-order valence-corrected chi connectivity index (χ3v) is 7.59. The molecule has 1 heterocycles. The van der Waals surface area contributed by atoms with E-state index in [9.17, 15) is 18.0 Å². The van der Waals surface area contributed by atoms with E-state index >= 15 is 0 Å². The number of ether oxygens (including phenoxy) is 2. The fourth-order valence-electron chi connectivity index (χ4n) is 4.03. The minimum Gasteiger partial charge on any atom is -0.483 e. The Hall–Kier alpha value is -3.89. The van der Waals surface area contributed by atoms with E-state index in [2.05, 4.69) is 10.0 Å². The number of hydrogen-bond donors (Lipinski definition) is 2. The van der Waals surface area contributed by atoms with Crippen LogP contribution >= 0.6 is 0 Å². The summed E-state index contributed by atoms with van der Waals surface area (Å²) < 4.78 is 39.4. The van der Waals surface area contributed by atoms with Crippen molar-refractivity contribution in [3.05, 3.63) is 83.9 Å². The van der Waals surface area contributed by atoms with Gasteiger partial charge < -0.3 is 19.7 Å². The summed E-state index contributed by atoms with van der Waals surface area (Å²) in [6.07, 6.45) is -0.892. The van der Waals surface area contributed by atoms with Crippen LogP contribution in [0.15, 0.2) is 77.7 Å². The van der Waals surface area contributed by atoms with Crippen molar-refractivity contribution in [2.75, 3.05) is 24.6 Å². The van der Waals surface area contributed by atoms with E-state index in [0.29, 0.717) is 35.8 Å². The zero-order valence-corrected chi connectivity index (χ0v) is 23.0. The minimum absolute atomic E-state index is 0.0253. The molecule has 39 heavy (non-hydrogen) atoms. The maximum Gasteiger partial charge on any atom is 0.265 e. The lowest BCUT2D eigenvalue weighted by Gasteiger charge is -2.34. The lowest BCUT2D eigenvalue weighted by atomic mass is 10.1. The Kier molecular flexibility index (Phi) is 8.88. The lowest BCUT2D eigenvalue weighted by molar-refractivity contribution is -0.128. The van der Waals surface area contributed by atoms with Gasteiger partial charge in [0.25, 0.3) is 11.8 Å². The van der Waals surface area contributed by atoms with Crippen molar-refractivity contribution in [1.82, 2.24) is 10.0 Å². The van der Waals surface area contributed by atoms with Gasteiger partial charge in [-0.05, 0) is 54.3 Å². The number of hydrogen-bond acceptors (Lipinski definition) is 6. The lowest BCUT2D eigenvalue weighted by Crippen LogP contribution is -2.51. The average Bonchev–Trinajstić information content (AvgIpc) is 2.94. The van der Waals surface area contributed by atoms with Crippen LogP contribution in [-0.2, 0) is 26.2 Å². The van der Waals surface area contributed by atoms with Crippen molar-refractivity contribution in [3.63, 3.8) is 0 Å². The summed E-state index contributed by atoms with van der Waals surface area (Å²) in [7, 11) is -3.65. The number of fused-ring (bicyclic) bond motifs is 1. The zero-order chi connectivity index (χ0) is 28.0. The second kappa shape index (κ2) is 12.3. The molecule has 1 aliphatic rings. The van der Waals surface area contributed by atoms with Crippen LogP contribution in [0, 0.1) is 12.8 Å². The standard InChI is InChI=1S/C29H33N3O6S/c1-20(2)16-31-39(35,36)23-13-14-25(21(3)15-23)37-19-28(33)32-18-27(38-26-12-8-7-11-24(26)32)29(34)30-17-22-9-5-4-6-10-22/h4-15,20,27,31H,16-19H2,1-3H3,(H,30,34)/t27-/m1/s1. The Morgan fingerprint density at radius 1 is 1.05 bits per heavy atom. The van der Waals surface area contributed by atoms with Gasteiger partial charge in [0.1, 0.15) is 11.5 Å². The molecule has 0 unspecified atom stereocenters. The van der Waals surface area contributed by atoms with Crippen molar-refractivity contribution < 1.29 is 27.5 Å². The molecule has 0 radical (unpaired) electrons. The molecule has 0 bridgehead atoms. The topological polar surface area (TPSA) is 114 Å². The van der Waals surface area contributed by atoms with Crippen molar-refractivity contribution in [2.45, 2.75) is 38.3 Å². The van der Waals surface area contributed by atoms with Crippen molar-refractivity contribution in [3.8, 4) is 11.5 Å². The molecule has 3 aromatic carbocycles. The first-order valence-corrected chi connectivity index (χ1v) is 14.2. The molecule has 0 saturated heterocycles. The number of para-hydroxylation sites is 2. The van der Waals surface area contributed by atoms with Crippen LogP contribution in [0.2, 0.25) is 0 Å². The third kappa shape index (κ3) is 7.15. The Labute approximate surface area is 229 Å². The summed E-state index contributed by atoms with van der Waals surface area (Å²) in [4.78, 5) is 27.8. The van der Waals surface area contributed by atoms with Crippen LogP contribution in [0.1, 0.15) is 25.0 Å². The maximum atomic E-state index is 13.3. The van der Waals surface area contributed by atoms with Gasteiger partial charge in [-0.1, -0.05) is 56.3 Å². The highest BCUT2D eigenvalue weighted by atomic mass is 32.2. The molecule has 10 heteroatoms. The predicted octanol–water partition coefficient (Wildman–Crippen LogP) is 3.42. The Balaban J connectivity index is 1.42. The number of benzene rings is 3. The molecule has 206 valence electrons. The van der Waals surface area contributed by atoms with Crippen molar-refractivity contribution in [1.29, 1.82) is 0 Å². The molecule has 4 rings (SSSR count). The molecule has 3 aromatic rings. The van der Waals surface area contributed by atoms with E-state index in [1.165, 1.54) is 17.0 Å². The summed E-state index contributed by atoms with van der Waals surface area (Å²) >= 11 is 0. The molecule has 2 amide bonds. The number of carbonyl (C=O) groups is 2. The Morgan fingerprint density at radius 2 is 1.77 bits per heavy atom. The van der Waals surface area contributed by atoms with Gasteiger partial charge in [-0.2, -0.15) is 0 Å². The molecular weight excluding hydrogens is 518 g/mol. The number of rotatable bonds is 10. The first kappa shape index (κ1) is 28.1. The van der Waals surface area contributed by atoms with Crippen LogP contribution in [0.4, 0.5) is 5.69 Å². The van der Waals surface area contributed by atoms with Gasteiger partial charge in [-0.15, -0.1) is 0 Å². The average molecular weight is 552 g/mol. The van der Waals surface area contributed by atoms with Gasteiger partial charge in [-0.25, -0.2) is 13.1 Å². The van der Waals surface area contributed by atoms with Gasteiger partial charge >= 0.3 is 0 Å². The minimum atomic E-state index is -3.65. The summed E-state index contributed by atoms with van der Waals surface area (Å²) in [6.45, 7) is 5.97. The van der Waals surface area contributed by atoms with E-state index in [1.807, 2.05) is 44.2 Å². The number of nitrogens with zero attached hydrogens (tertiary/aromatic N) is 1. The molecule has 0 saturated carbocycles. The molecule has 1 aliphatic heterocycles. The summed E-state index contributed by atoms with van der Waals surface area (Å²) in [5.74, 6) is 0.308. The van der Waals surface area contributed by atoms with E-state index in [-0.39, 0.29) is 35.8 Å². The third-order valence-electron chi connectivity index (χ3n) is 6.17. The molecular formula is C29H33N3O6S. The monoisotopic (exact) mass is 551 g/mol. The molecule has 0 aromatic heterocycles. The van der Waals surface area contributed by atoms with E-state index in [0.717, 1.165) is 5.56 Å². The number of aryl methyl sites for hydroxylation is 1. The molecule has 2 N–H and O–H groups in total. The smallest absolute Gasteiger partial charge is 0.265 e. The quantitative estimate of drug-likeness (QED) is 0.399. The number of nitrogens with one attached hydrogen (secondary N) is 2. The van der Waals surface area contributed by atoms with Crippen molar-refractivity contribution >= 4 is 27.5 Å². The van der Waals surface area contributed by atoms with Gasteiger partial charge in [0, 0.05) is 13.1 Å². The molecule has 0 spiro atoms. The SMILES string of the molecule is Cc1cc(S(=O)(=O)NCC(C)C)ccc1OCC(=O)N1C[C@H](C(=O)NCc2ccccc2)Oc2ccccc21. The second-order valence-electron chi connectivity index (χ2n) is 9.74. The fourth-order valence-corrected chi connectivity index (χ4v) is 5.33. The first-order valence-electron chi connectivity index (χ1n) is 12.7. The second-order valence-corrected chi connectivity index (χ2v) is 11.5. The number of anilines is 1. The highest BCUT2D eigenvalue weighted by molar-refractivity contribution is 7.89. The number of sulfonamides is 1. The van der Waals surface area contributed by atoms with Crippen LogP contribution < -0.4 is 24.4 Å². The van der Waals surface area contributed by atoms with E-state index < -0.39 is 16.1 Å². The van der Waals surface area contributed by atoms with E-state index in [4.69, 9.17) is 9.47 Å². The zero-order valence-electron chi connectivity index (χ0n) is 22.2. The van der Waals surface area contributed by atoms with Crippen LogP contribution in [0.5, 0.6) is 11.5 Å². The first-order chi connectivity index (χ1) is 18.6. The van der Waals surface area contributed by atoms with E-state index in [1.54, 1.807) is 37.3 Å². The van der Waals surface area contributed by atoms with Gasteiger partial charge in [-0.3, -0.25) is 9.59 Å². The van der Waals surface area contributed by atoms with Crippen molar-refractivity contribution in [2.24, 2.45) is 5.92 Å². The van der Waals surface area contributed by atoms with Crippen LogP contribution in [-0.4, -0.2) is 46.0 Å². The predicted molar refractivity (Wildman–Crippen MR) is 148 cm³/mol. The highest BCUT2D eigenvalue weighted by Gasteiger charge is 2.34. The summed E-state index contributed by atoms with van der Waals surface area (Å²) in [5.41, 5.74) is 2.08.